The van der Waals surface area contributed by atoms with Crippen molar-refractivity contribution < 1.29 is 9.53 Å². The van der Waals surface area contributed by atoms with Crippen LogP contribution in [-0.4, -0.2) is 19.2 Å². The predicted molar refractivity (Wildman–Crippen MR) is 123 cm³/mol. The summed E-state index contributed by atoms with van der Waals surface area (Å²) < 4.78 is 5.26. The van der Waals surface area contributed by atoms with Gasteiger partial charge in [-0.15, -0.1) is 0 Å². The molecule has 168 valence electrons. The van der Waals surface area contributed by atoms with Crippen LogP contribution in [0, 0.1) is 0 Å². The SMILES string of the molecule is CCCCCCCCCCCCNC(=O)OCCCCCCCCCCCC. The molecule has 0 rings (SSSR count). The Labute approximate surface area is 176 Å². The average molecular weight is 398 g/mol. The van der Waals surface area contributed by atoms with Crippen LogP contribution in [0.15, 0.2) is 0 Å². The number of alkyl carbamates (subject to hydrolysis) is 1. The van der Waals surface area contributed by atoms with Gasteiger partial charge in [0.1, 0.15) is 0 Å². The first-order chi connectivity index (χ1) is 13.8. The zero-order chi connectivity index (χ0) is 20.5. The van der Waals surface area contributed by atoms with E-state index in [9.17, 15) is 4.79 Å². The molecule has 0 heterocycles. The summed E-state index contributed by atoms with van der Waals surface area (Å²) in [5, 5.41) is 2.88. The second-order valence-electron chi connectivity index (χ2n) is 8.43. The molecular formula is C25H51NO2. The van der Waals surface area contributed by atoms with Crippen LogP contribution < -0.4 is 5.32 Å². The highest BCUT2D eigenvalue weighted by Gasteiger charge is 2.01. The Bertz CT molecular complexity index is 279. The summed E-state index contributed by atoms with van der Waals surface area (Å²) in [6, 6.07) is 0. The summed E-state index contributed by atoms with van der Waals surface area (Å²) in [5.74, 6) is 0. The van der Waals surface area contributed by atoms with Crippen molar-refractivity contribution in [1.29, 1.82) is 0 Å². The van der Waals surface area contributed by atoms with Crippen LogP contribution >= 0.6 is 0 Å². The molecule has 0 radical (unpaired) electrons. The minimum absolute atomic E-state index is 0.230. The third kappa shape index (κ3) is 23.3. The van der Waals surface area contributed by atoms with E-state index in [1.54, 1.807) is 0 Å². The van der Waals surface area contributed by atoms with Crippen molar-refractivity contribution in [3.05, 3.63) is 0 Å². The Kier molecular flexibility index (Phi) is 23.7. The van der Waals surface area contributed by atoms with Gasteiger partial charge in [0, 0.05) is 6.54 Å². The molecule has 0 atom stereocenters. The molecule has 0 spiro atoms. The molecule has 3 heteroatoms. The van der Waals surface area contributed by atoms with Crippen molar-refractivity contribution >= 4 is 6.09 Å². The highest BCUT2D eigenvalue weighted by atomic mass is 16.5. The lowest BCUT2D eigenvalue weighted by Crippen LogP contribution is -2.25. The molecule has 0 fully saturated rings. The highest BCUT2D eigenvalue weighted by molar-refractivity contribution is 5.66. The summed E-state index contributed by atoms with van der Waals surface area (Å²) in [5.41, 5.74) is 0. The van der Waals surface area contributed by atoms with E-state index in [1.165, 1.54) is 116 Å². The van der Waals surface area contributed by atoms with Crippen molar-refractivity contribution in [2.75, 3.05) is 13.2 Å². The summed E-state index contributed by atoms with van der Waals surface area (Å²) >= 11 is 0. The minimum Gasteiger partial charge on any atom is -0.450 e. The standard InChI is InChI=1S/C25H51NO2/c1-3-5-7-9-11-13-15-17-19-21-23-26-25(27)28-24-22-20-18-16-14-12-10-8-6-4-2/h3-24H2,1-2H3,(H,26,27). The highest BCUT2D eigenvalue weighted by Crippen LogP contribution is 2.11. The van der Waals surface area contributed by atoms with Crippen molar-refractivity contribution in [3.63, 3.8) is 0 Å². The molecule has 0 aliphatic rings. The molecule has 3 nitrogen and oxygen atoms in total. The van der Waals surface area contributed by atoms with Gasteiger partial charge in [0.15, 0.2) is 0 Å². The second kappa shape index (κ2) is 24.3. The van der Waals surface area contributed by atoms with E-state index in [1.807, 2.05) is 0 Å². The lowest BCUT2D eigenvalue weighted by molar-refractivity contribution is 0.143. The number of carbonyl (C=O) groups excluding carboxylic acids is 1. The van der Waals surface area contributed by atoms with Crippen LogP contribution in [0.4, 0.5) is 4.79 Å². The molecule has 0 aromatic heterocycles. The van der Waals surface area contributed by atoms with Crippen LogP contribution in [0.3, 0.4) is 0 Å². The molecular weight excluding hydrogens is 346 g/mol. The first kappa shape index (κ1) is 27.3. The van der Waals surface area contributed by atoms with Gasteiger partial charge in [-0.05, 0) is 12.8 Å². The molecule has 1 N–H and O–H groups in total. The molecule has 0 bridgehead atoms. The molecule has 0 saturated heterocycles. The summed E-state index contributed by atoms with van der Waals surface area (Å²) in [7, 11) is 0. The molecule has 28 heavy (non-hydrogen) atoms. The van der Waals surface area contributed by atoms with Gasteiger partial charge in [0.05, 0.1) is 6.61 Å². The van der Waals surface area contributed by atoms with E-state index >= 15 is 0 Å². The average Bonchev–Trinajstić information content (AvgIpc) is 2.70. The van der Waals surface area contributed by atoms with Crippen molar-refractivity contribution in [2.24, 2.45) is 0 Å². The van der Waals surface area contributed by atoms with Gasteiger partial charge in [-0.2, -0.15) is 0 Å². The molecule has 0 aliphatic carbocycles. The van der Waals surface area contributed by atoms with Gasteiger partial charge in [-0.3, -0.25) is 0 Å². The van der Waals surface area contributed by atoms with E-state index in [-0.39, 0.29) is 6.09 Å². The quantitative estimate of drug-likeness (QED) is 0.186. The van der Waals surface area contributed by atoms with Gasteiger partial charge < -0.3 is 10.1 Å². The van der Waals surface area contributed by atoms with Crippen LogP contribution in [0.25, 0.3) is 0 Å². The van der Waals surface area contributed by atoms with Gasteiger partial charge in [-0.25, -0.2) is 4.79 Å². The number of rotatable bonds is 22. The molecule has 0 unspecified atom stereocenters. The van der Waals surface area contributed by atoms with Crippen molar-refractivity contribution in [1.82, 2.24) is 5.32 Å². The Morgan fingerprint density at radius 2 is 0.893 bits per heavy atom. The van der Waals surface area contributed by atoms with E-state index in [0.717, 1.165) is 19.4 Å². The molecule has 0 aromatic rings. The number of nitrogens with one attached hydrogen (secondary N) is 1. The van der Waals surface area contributed by atoms with Crippen LogP contribution in [0.1, 0.15) is 142 Å². The van der Waals surface area contributed by atoms with Crippen LogP contribution in [0.5, 0.6) is 0 Å². The monoisotopic (exact) mass is 397 g/mol. The fourth-order valence-corrected chi connectivity index (χ4v) is 3.61. The zero-order valence-electron chi connectivity index (χ0n) is 19.4. The number of amides is 1. The van der Waals surface area contributed by atoms with Crippen molar-refractivity contribution in [3.8, 4) is 0 Å². The maximum Gasteiger partial charge on any atom is 0.407 e. The van der Waals surface area contributed by atoms with E-state index in [2.05, 4.69) is 19.2 Å². The van der Waals surface area contributed by atoms with Crippen LogP contribution in [-0.2, 0) is 4.74 Å². The fourth-order valence-electron chi connectivity index (χ4n) is 3.61. The van der Waals surface area contributed by atoms with E-state index in [0.29, 0.717) is 6.61 Å². The molecule has 0 saturated carbocycles. The van der Waals surface area contributed by atoms with Gasteiger partial charge in [-0.1, -0.05) is 129 Å². The molecule has 0 aliphatic heterocycles. The number of carbonyl (C=O) groups is 1. The first-order valence-electron chi connectivity index (χ1n) is 12.7. The second-order valence-corrected chi connectivity index (χ2v) is 8.43. The summed E-state index contributed by atoms with van der Waals surface area (Å²) in [6.45, 7) is 5.86. The van der Waals surface area contributed by atoms with E-state index < -0.39 is 0 Å². The first-order valence-corrected chi connectivity index (χ1v) is 12.7. The third-order valence-corrected chi connectivity index (χ3v) is 5.53. The van der Waals surface area contributed by atoms with Crippen molar-refractivity contribution in [2.45, 2.75) is 142 Å². The lowest BCUT2D eigenvalue weighted by atomic mass is 10.1. The Hall–Kier alpha value is -0.730. The number of ether oxygens (including phenoxy) is 1. The third-order valence-electron chi connectivity index (χ3n) is 5.53. The minimum atomic E-state index is -0.230. The van der Waals surface area contributed by atoms with Gasteiger partial charge in [0.25, 0.3) is 0 Å². The maximum absolute atomic E-state index is 11.6. The number of unbranched alkanes of at least 4 members (excludes halogenated alkanes) is 18. The fraction of sp³-hybridized carbons (Fsp3) is 0.960. The summed E-state index contributed by atoms with van der Waals surface area (Å²) in [4.78, 5) is 11.6. The lowest BCUT2D eigenvalue weighted by Gasteiger charge is -2.07. The summed E-state index contributed by atoms with van der Waals surface area (Å²) in [6.07, 6.45) is 26.0. The maximum atomic E-state index is 11.6. The number of hydrogen-bond acceptors (Lipinski definition) is 2. The predicted octanol–water partition coefficient (Wildman–Crippen LogP) is 8.55. The Morgan fingerprint density at radius 3 is 1.32 bits per heavy atom. The molecule has 0 aromatic carbocycles. The normalized spacial score (nSPS) is 10.9. The Morgan fingerprint density at radius 1 is 0.536 bits per heavy atom. The topological polar surface area (TPSA) is 38.3 Å². The Balaban J connectivity index is 3.13. The zero-order valence-corrected chi connectivity index (χ0v) is 19.4. The van der Waals surface area contributed by atoms with Gasteiger partial charge >= 0.3 is 6.09 Å². The number of hydrogen-bond donors (Lipinski definition) is 1. The molecule has 1 amide bonds. The van der Waals surface area contributed by atoms with E-state index in [4.69, 9.17) is 4.74 Å². The van der Waals surface area contributed by atoms with Crippen LogP contribution in [0.2, 0.25) is 0 Å². The van der Waals surface area contributed by atoms with Gasteiger partial charge in [0.2, 0.25) is 0 Å². The smallest absolute Gasteiger partial charge is 0.407 e. The largest absolute Gasteiger partial charge is 0.450 e.